The molecule has 15 atom stereocenters. The first-order valence-electron chi connectivity index (χ1n) is 15.8. The van der Waals surface area contributed by atoms with Gasteiger partial charge in [-0.25, -0.2) is 0 Å². The molecule has 0 radical (unpaired) electrons. The Kier molecular flexibility index (Phi) is 11.2. The monoisotopic (exact) mass is 614 g/mol. The lowest BCUT2D eigenvalue weighted by Gasteiger charge is -2.61. The second kappa shape index (κ2) is 13.8. The molecule has 15 unspecified atom stereocenters. The molecule has 1 saturated carbocycles. The second-order valence-electron chi connectivity index (χ2n) is 13.8. The zero-order valence-electron chi connectivity index (χ0n) is 26.4. The summed E-state index contributed by atoms with van der Waals surface area (Å²) >= 11 is 0. The van der Waals surface area contributed by atoms with E-state index >= 15 is 0 Å². The van der Waals surface area contributed by atoms with Crippen LogP contribution in [0.5, 0.6) is 0 Å². The van der Waals surface area contributed by atoms with Gasteiger partial charge in [-0.1, -0.05) is 44.1 Å². The molecule has 2 aliphatic heterocycles. The third-order valence-electron chi connectivity index (χ3n) is 11.4. The Morgan fingerprint density at radius 1 is 0.953 bits per heavy atom. The van der Waals surface area contributed by atoms with Crippen molar-refractivity contribution in [1.29, 1.82) is 0 Å². The summed E-state index contributed by atoms with van der Waals surface area (Å²) in [6.07, 6.45) is -5.01. The average molecular weight is 615 g/mol. The van der Waals surface area contributed by atoms with Crippen LogP contribution >= 0.6 is 0 Å². The van der Waals surface area contributed by atoms with Crippen LogP contribution < -0.4 is 0 Å². The van der Waals surface area contributed by atoms with Gasteiger partial charge in [0, 0.05) is 5.41 Å². The Morgan fingerprint density at radius 3 is 2.26 bits per heavy atom. The van der Waals surface area contributed by atoms with Crippen molar-refractivity contribution in [3.63, 3.8) is 0 Å². The fraction of sp³-hybridized carbons (Fsp3) is 0.875. The maximum Gasteiger partial charge on any atom is 0.187 e. The van der Waals surface area contributed by atoms with Crippen LogP contribution in [0.1, 0.15) is 73.6 Å². The molecule has 11 heteroatoms. The normalized spacial score (nSPS) is 49.4. The summed E-state index contributed by atoms with van der Waals surface area (Å²) in [5, 5.41) is 71.8. The predicted molar refractivity (Wildman–Crippen MR) is 156 cm³/mol. The van der Waals surface area contributed by atoms with Crippen molar-refractivity contribution >= 4 is 0 Å². The van der Waals surface area contributed by atoms with Gasteiger partial charge in [0.2, 0.25) is 0 Å². The van der Waals surface area contributed by atoms with Crippen molar-refractivity contribution in [3.8, 4) is 0 Å². The highest BCUT2D eigenvalue weighted by Gasteiger charge is 2.59. The van der Waals surface area contributed by atoms with Crippen LogP contribution in [0.2, 0.25) is 0 Å². The van der Waals surface area contributed by atoms with Crippen LogP contribution in [0.4, 0.5) is 0 Å². The van der Waals surface area contributed by atoms with E-state index in [9.17, 15) is 35.7 Å². The molecule has 11 nitrogen and oxygen atoms in total. The molecule has 2 aliphatic carbocycles. The number of hydrogen-bond donors (Lipinski definition) is 7. The van der Waals surface area contributed by atoms with Crippen molar-refractivity contribution in [1.82, 2.24) is 0 Å². The molecule has 0 bridgehead atoms. The van der Waals surface area contributed by atoms with Gasteiger partial charge in [-0.3, -0.25) is 0 Å². The SMILES string of the molecule is CC(=CCO)CCC1(C)C(C)CC(OC2OC(C)C(OC3OC(CO)C(O)C(O)C3O)C(O)C2O)C2(C)C(C)=CCCC12. The third kappa shape index (κ3) is 6.51. The van der Waals surface area contributed by atoms with Gasteiger partial charge in [-0.05, 0) is 70.1 Å². The van der Waals surface area contributed by atoms with Gasteiger partial charge in [0.15, 0.2) is 12.6 Å². The highest BCUT2D eigenvalue weighted by atomic mass is 16.7. The van der Waals surface area contributed by atoms with Crippen LogP contribution in [0.25, 0.3) is 0 Å². The molecule has 0 spiro atoms. The third-order valence-corrected chi connectivity index (χ3v) is 11.4. The largest absolute Gasteiger partial charge is 0.394 e. The van der Waals surface area contributed by atoms with Gasteiger partial charge in [0.05, 0.1) is 25.4 Å². The first-order chi connectivity index (χ1) is 20.2. The summed E-state index contributed by atoms with van der Waals surface area (Å²) < 4.78 is 24.0. The number of fused-ring (bicyclic) bond motifs is 1. The molecule has 0 aromatic rings. The summed E-state index contributed by atoms with van der Waals surface area (Å²) in [7, 11) is 0. The molecule has 4 aliphatic rings. The van der Waals surface area contributed by atoms with Crippen LogP contribution in [0.3, 0.4) is 0 Å². The Morgan fingerprint density at radius 2 is 1.60 bits per heavy atom. The van der Waals surface area contributed by atoms with E-state index < -0.39 is 68.0 Å². The van der Waals surface area contributed by atoms with Gasteiger partial charge >= 0.3 is 0 Å². The minimum atomic E-state index is -1.65. The minimum absolute atomic E-state index is 0.0257. The lowest BCUT2D eigenvalue weighted by atomic mass is 9.46. The fourth-order valence-corrected chi connectivity index (χ4v) is 8.08. The molecule has 2 saturated heterocycles. The molecule has 0 amide bonds. The fourth-order valence-electron chi connectivity index (χ4n) is 8.08. The first-order valence-corrected chi connectivity index (χ1v) is 15.8. The van der Waals surface area contributed by atoms with E-state index in [0.29, 0.717) is 11.8 Å². The smallest absolute Gasteiger partial charge is 0.187 e. The molecule has 0 aromatic heterocycles. The number of ether oxygens (including phenoxy) is 4. The van der Waals surface area contributed by atoms with E-state index in [1.165, 1.54) is 11.1 Å². The van der Waals surface area contributed by atoms with Crippen molar-refractivity contribution in [3.05, 3.63) is 23.3 Å². The van der Waals surface area contributed by atoms with Crippen molar-refractivity contribution in [2.45, 2.75) is 141 Å². The van der Waals surface area contributed by atoms with Crippen LogP contribution in [-0.4, -0.2) is 116 Å². The van der Waals surface area contributed by atoms with E-state index in [0.717, 1.165) is 32.1 Å². The second-order valence-corrected chi connectivity index (χ2v) is 13.8. The van der Waals surface area contributed by atoms with Gasteiger partial charge in [-0.15, -0.1) is 0 Å². The lowest BCUT2D eigenvalue weighted by molar-refractivity contribution is -0.364. The topological polar surface area (TPSA) is 179 Å². The van der Waals surface area contributed by atoms with E-state index in [1.807, 2.05) is 6.08 Å². The Bertz CT molecular complexity index is 1000. The quantitative estimate of drug-likeness (QED) is 0.185. The number of allylic oxidation sites excluding steroid dienone is 2. The van der Waals surface area contributed by atoms with E-state index in [-0.39, 0.29) is 23.5 Å². The van der Waals surface area contributed by atoms with Gasteiger partial charge in [-0.2, -0.15) is 0 Å². The predicted octanol–water partition coefficient (Wildman–Crippen LogP) is 1.15. The molecule has 43 heavy (non-hydrogen) atoms. The highest BCUT2D eigenvalue weighted by molar-refractivity contribution is 5.24. The minimum Gasteiger partial charge on any atom is -0.394 e. The molecule has 3 fully saturated rings. The summed E-state index contributed by atoms with van der Waals surface area (Å²) in [5.74, 6) is 0.611. The summed E-state index contributed by atoms with van der Waals surface area (Å²) in [4.78, 5) is 0. The highest BCUT2D eigenvalue weighted by Crippen LogP contribution is 2.63. The molecular formula is C32H54O11. The van der Waals surface area contributed by atoms with Gasteiger partial charge in [0.1, 0.15) is 42.7 Å². The zero-order valence-corrected chi connectivity index (χ0v) is 26.4. The van der Waals surface area contributed by atoms with Gasteiger partial charge in [0.25, 0.3) is 0 Å². The number of aliphatic hydroxyl groups is 7. The van der Waals surface area contributed by atoms with Crippen LogP contribution in [0.15, 0.2) is 23.3 Å². The summed E-state index contributed by atoms with van der Waals surface area (Å²) in [6.45, 7) is 12.2. The van der Waals surface area contributed by atoms with Gasteiger partial charge < -0.3 is 54.7 Å². The molecule has 0 aromatic carbocycles. The molecule has 2 heterocycles. The average Bonchev–Trinajstić information content (AvgIpc) is 2.97. The van der Waals surface area contributed by atoms with E-state index in [1.54, 1.807) is 6.92 Å². The van der Waals surface area contributed by atoms with Crippen LogP contribution in [-0.2, 0) is 18.9 Å². The first kappa shape index (κ1) is 34.9. The van der Waals surface area contributed by atoms with E-state index in [4.69, 9.17) is 18.9 Å². The number of hydrogen-bond acceptors (Lipinski definition) is 11. The molecule has 248 valence electrons. The Hall–Kier alpha value is -0.960. The summed E-state index contributed by atoms with van der Waals surface area (Å²) in [5.41, 5.74) is 2.13. The molecule has 7 N–H and O–H groups in total. The molecule has 4 rings (SSSR count). The van der Waals surface area contributed by atoms with Crippen molar-refractivity contribution in [2.75, 3.05) is 13.2 Å². The summed E-state index contributed by atoms with van der Waals surface area (Å²) in [6, 6.07) is 0. The van der Waals surface area contributed by atoms with Crippen molar-refractivity contribution in [2.24, 2.45) is 22.7 Å². The van der Waals surface area contributed by atoms with Crippen LogP contribution in [0, 0.1) is 22.7 Å². The maximum atomic E-state index is 11.2. The Balaban J connectivity index is 1.50. The van der Waals surface area contributed by atoms with Crippen molar-refractivity contribution < 1.29 is 54.7 Å². The number of rotatable bonds is 9. The molecular weight excluding hydrogens is 560 g/mol. The zero-order chi connectivity index (χ0) is 31.9. The maximum absolute atomic E-state index is 11.2. The standard InChI is InChI=1S/C32H54O11/c1-16(11-13-33)10-12-31(5)18(3)14-22(32(6)17(2)8-7-9-21(31)32)42-29-27(39)25(37)28(19(4)40-29)43-30-26(38)24(36)23(35)20(15-34)41-30/h8,11,18-30,33-39H,7,9-10,12-15H2,1-6H3. The number of aliphatic hydroxyl groups excluding tert-OH is 7. The lowest BCUT2D eigenvalue weighted by Crippen LogP contribution is -2.65. The van der Waals surface area contributed by atoms with E-state index in [2.05, 4.69) is 40.7 Å². The Labute approximate surface area is 255 Å².